The van der Waals surface area contributed by atoms with Crippen LogP contribution < -0.4 is 0 Å². The van der Waals surface area contributed by atoms with Gasteiger partial charge < -0.3 is 9.84 Å². The quantitative estimate of drug-likeness (QED) is 0.570. The van der Waals surface area contributed by atoms with Gasteiger partial charge in [-0.05, 0) is 27.7 Å². The predicted octanol–water partition coefficient (Wildman–Crippen LogP) is 1.38. The zero-order chi connectivity index (χ0) is 12.2. The Bertz CT molecular complexity index is 271. The van der Waals surface area contributed by atoms with Crippen molar-refractivity contribution in [3.8, 4) is 0 Å². The lowest BCUT2D eigenvalue weighted by Gasteiger charge is -2.24. The van der Waals surface area contributed by atoms with E-state index in [9.17, 15) is 14.5 Å². The van der Waals surface area contributed by atoms with Crippen molar-refractivity contribution in [1.82, 2.24) is 5.01 Å². The van der Waals surface area contributed by atoms with E-state index in [1.54, 1.807) is 20.8 Å². The fourth-order valence-corrected chi connectivity index (χ4v) is 0.675. The number of hydrogen-bond donors (Lipinski definition) is 1. The predicted molar refractivity (Wildman–Crippen MR) is 51.0 cm³/mol. The van der Waals surface area contributed by atoms with E-state index in [0.29, 0.717) is 0 Å². The lowest BCUT2D eigenvalue weighted by molar-refractivity contribution is -0.142. The highest BCUT2D eigenvalue weighted by Crippen LogP contribution is 2.12. The molecule has 1 amide bonds. The molecule has 15 heavy (non-hydrogen) atoms. The lowest BCUT2D eigenvalue weighted by atomic mass is 10.2. The number of aliphatic carboxylic acids is 1. The van der Waals surface area contributed by atoms with Gasteiger partial charge in [-0.25, -0.2) is 9.59 Å². The first-order chi connectivity index (χ1) is 6.69. The van der Waals surface area contributed by atoms with Crippen molar-refractivity contribution >= 4 is 12.1 Å². The number of carboxylic acids is 1. The molecular formula is C8H14N2O5. The van der Waals surface area contributed by atoms with E-state index in [-0.39, 0.29) is 5.01 Å². The molecule has 0 saturated carbocycles. The second-order valence-electron chi connectivity index (χ2n) is 3.92. The molecule has 0 fully saturated rings. The molecule has 0 aliphatic heterocycles. The number of carboxylic acid groups (broad SMARTS) is 1. The molecular weight excluding hydrogens is 204 g/mol. The van der Waals surface area contributed by atoms with Crippen LogP contribution in [0.5, 0.6) is 0 Å². The van der Waals surface area contributed by atoms with Gasteiger partial charge in [-0.2, -0.15) is 0 Å². The average molecular weight is 218 g/mol. The van der Waals surface area contributed by atoms with Gasteiger partial charge in [0.2, 0.25) is 0 Å². The Balaban J connectivity index is 4.62. The number of nitroso groups, excluding NO2 is 1. The number of carbonyl (C=O) groups is 2. The van der Waals surface area contributed by atoms with Crippen LogP contribution in [0.4, 0.5) is 4.79 Å². The molecule has 1 N–H and O–H groups in total. The van der Waals surface area contributed by atoms with Crippen LogP contribution in [0, 0.1) is 4.91 Å². The standard InChI is InChI=1S/C8H14N2O5/c1-5(6(11)12)10(9-14)7(13)15-8(2,3)4/h5H,1-4H3,(H,11,12)/t5-/m0/s1. The van der Waals surface area contributed by atoms with E-state index in [4.69, 9.17) is 9.84 Å². The van der Waals surface area contributed by atoms with Crippen LogP contribution in [0.25, 0.3) is 0 Å². The van der Waals surface area contributed by atoms with Crippen molar-refractivity contribution in [1.29, 1.82) is 0 Å². The maximum absolute atomic E-state index is 11.3. The highest BCUT2D eigenvalue weighted by Gasteiger charge is 2.30. The number of rotatable bonds is 3. The Hall–Kier alpha value is -1.66. The van der Waals surface area contributed by atoms with E-state index in [2.05, 4.69) is 5.29 Å². The van der Waals surface area contributed by atoms with Gasteiger partial charge in [0.15, 0.2) is 6.04 Å². The molecule has 7 heteroatoms. The Morgan fingerprint density at radius 2 is 1.87 bits per heavy atom. The van der Waals surface area contributed by atoms with Crippen LogP contribution in [-0.4, -0.2) is 33.8 Å². The van der Waals surface area contributed by atoms with Crippen LogP contribution in [-0.2, 0) is 9.53 Å². The molecule has 0 aromatic heterocycles. The summed E-state index contributed by atoms with van der Waals surface area (Å²) in [5.74, 6) is -1.33. The number of nitrogens with zero attached hydrogens (tertiary/aromatic N) is 2. The Kier molecular flexibility index (Phi) is 4.20. The maximum atomic E-state index is 11.3. The van der Waals surface area contributed by atoms with Crippen LogP contribution >= 0.6 is 0 Å². The van der Waals surface area contributed by atoms with Crippen LogP contribution in [0.3, 0.4) is 0 Å². The Labute approximate surface area is 86.9 Å². The van der Waals surface area contributed by atoms with Gasteiger partial charge >= 0.3 is 12.1 Å². The summed E-state index contributed by atoms with van der Waals surface area (Å²) in [5, 5.41) is 11.1. The minimum Gasteiger partial charge on any atom is -0.480 e. The molecule has 0 aromatic rings. The summed E-state index contributed by atoms with van der Waals surface area (Å²) in [6, 6.07) is -1.35. The van der Waals surface area contributed by atoms with E-state index in [1.165, 1.54) is 0 Å². The Morgan fingerprint density at radius 3 is 2.13 bits per heavy atom. The van der Waals surface area contributed by atoms with Gasteiger partial charge in [-0.1, -0.05) is 0 Å². The SMILES string of the molecule is C[C@@H](C(=O)O)N(N=O)C(=O)OC(C)(C)C. The van der Waals surface area contributed by atoms with Gasteiger partial charge in [0.05, 0.1) is 5.29 Å². The Morgan fingerprint density at radius 1 is 1.40 bits per heavy atom. The van der Waals surface area contributed by atoms with Crippen LogP contribution in [0.1, 0.15) is 27.7 Å². The minimum atomic E-state index is -1.35. The third-order valence-electron chi connectivity index (χ3n) is 1.39. The van der Waals surface area contributed by atoms with Gasteiger partial charge in [0, 0.05) is 0 Å². The van der Waals surface area contributed by atoms with Crippen molar-refractivity contribution in [3.63, 3.8) is 0 Å². The summed E-state index contributed by atoms with van der Waals surface area (Å²) in [5.41, 5.74) is -0.807. The fraction of sp³-hybridized carbons (Fsp3) is 0.750. The summed E-state index contributed by atoms with van der Waals surface area (Å²) < 4.78 is 4.79. The van der Waals surface area contributed by atoms with Crippen LogP contribution in [0.2, 0.25) is 0 Å². The third-order valence-corrected chi connectivity index (χ3v) is 1.39. The molecule has 86 valence electrons. The largest absolute Gasteiger partial charge is 0.480 e. The lowest BCUT2D eigenvalue weighted by Crippen LogP contribution is -2.42. The summed E-state index contributed by atoms with van der Waals surface area (Å²) in [7, 11) is 0. The second-order valence-corrected chi connectivity index (χ2v) is 3.92. The zero-order valence-corrected chi connectivity index (χ0v) is 9.05. The van der Waals surface area contributed by atoms with Gasteiger partial charge in [0.25, 0.3) is 0 Å². The molecule has 0 bridgehead atoms. The number of amides is 1. The van der Waals surface area contributed by atoms with Crippen molar-refractivity contribution in [2.75, 3.05) is 0 Å². The molecule has 0 rings (SSSR count). The second kappa shape index (κ2) is 4.72. The molecule has 0 aliphatic carbocycles. The van der Waals surface area contributed by atoms with E-state index in [1.807, 2.05) is 0 Å². The van der Waals surface area contributed by atoms with Crippen molar-refractivity contribution in [2.24, 2.45) is 5.29 Å². The number of carbonyl (C=O) groups excluding carboxylic acids is 1. The molecule has 0 heterocycles. The van der Waals surface area contributed by atoms with E-state index < -0.39 is 23.7 Å². The zero-order valence-electron chi connectivity index (χ0n) is 9.05. The van der Waals surface area contributed by atoms with Crippen LogP contribution in [0.15, 0.2) is 5.29 Å². The van der Waals surface area contributed by atoms with Gasteiger partial charge in [0.1, 0.15) is 5.60 Å². The van der Waals surface area contributed by atoms with Crippen molar-refractivity contribution in [3.05, 3.63) is 4.91 Å². The molecule has 7 nitrogen and oxygen atoms in total. The first-order valence-corrected chi connectivity index (χ1v) is 4.27. The third kappa shape index (κ3) is 4.39. The first-order valence-electron chi connectivity index (χ1n) is 4.27. The van der Waals surface area contributed by atoms with Gasteiger partial charge in [-0.15, -0.1) is 9.92 Å². The number of ether oxygens (including phenoxy) is 1. The highest BCUT2D eigenvalue weighted by atomic mass is 16.6. The van der Waals surface area contributed by atoms with Crippen molar-refractivity contribution < 1.29 is 19.4 Å². The number of hydrogen-bond acceptors (Lipinski definition) is 5. The summed E-state index contributed by atoms with van der Waals surface area (Å²) >= 11 is 0. The molecule has 0 aliphatic rings. The van der Waals surface area contributed by atoms with E-state index in [0.717, 1.165) is 6.92 Å². The van der Waals surface area contributed by atoms with Gasteiger partial charge in [-0.3, -0.25) is 0 Å². The summed E-state index contributed by atoms with van der Waals surface area (Å²) in [6.07, 6.45) is -1.08. The monoisotopic (exact) mass is 218 g/mol. The smallest absolute Gasteiger partial charge is 0.434 e. The highest BCUT2D eigenvalue weighted by molar-refractivity contribution is 5.79. The normalized spacial score (nSPS) is 12.8. The molecule has 0 aromatic carbocycles. The summed E-state index contributed by atoms with van der Waals surface area (Å²) in [4.78, 5) is 32.1. The molecule has 0 radical (unpaired) electrons. The average Bonchev–Trinajstić information content (AvgIpc) is 2.01. The summed E-state index contributed by atoms with van der Waals surface area (Å²) in [6.45, 7) is 5.95. The fourth-order valence-electron chi connectivity index (χ4n) is 0.675. The molecule has 0 unspecified atom stereocenters. The maximum Gasteiger partial charge on any atom is 0.434 e. The molecule has 0 saturated heterocycles. The minimum absolute atomic E-state index is 0.244. The van der Waals surface area contributed by atoms with Crippen molar-refractivity contribution in [2.45, 2.75) is 39.3 Å². The topological polar surface area (TPSA) is 96.3 Å². The molecule has 0 spiro atoms. The first kappa shape index (κ1) is 13.3. The van der Waals surface area contributed by atoms with E-state index >= 15 is 0 Å². The molecule has 1 atom stereocenters.